The average molecular weight is 754 g/mol. The van der Waals surface area contributed by atoms with Gasteiger partial charge in [0, 0.05) is 0 Å². The van der Waals surface area contributed by atoms with Crippen LogP contribution in [0.3, 0.4) is 0 Å². The normalized spacial score (nSPS) is 11.4. The summed E-state index contributed by atoms with van der Waals surface area (Å²) in [6.07, 6.45) is 0. The molecule has 0 saturated heterocycles. The zero-order valence-electron chi connectivity index (χ0n) is 24.5. The van der Waals surface area contributed by atoms with Gasteiger partial charge in [-0.3, -0.25) is 0 Å². The second-order valence-corrected chi connectivity index (χ2v) is 12.1. The molecule has 0 aliphatic rings. The molecule has 0 aliphatic heterocycles. The summed E-state index contributed by atoms with van der Waals surface area (Å²) in [6.45, 7) is 6.57. The van der Waals surface area contributed by atoms with E-state index in [2.05, 4.69) is 95.3 Å². The molecule has 1 heterocycles. The van der Waals surface area contributed by atoms with Crippen LogP contribution in [0.4, 0.5) is 11.4 Å². The summed E-state index contributed by atoms with van der Waals surface area (Å²) in [5.74, 6) is 1.37. The first-order chi connectivity index (χ1) is 21.2. The molecule has 0 fully saturated rings. The van der Waals surface area contributed by atoms with E-state index < -0.39 is 0 Å². The number of nitro groups is 1. The van der Waals surface area contributed by atoms with Gasteiger partial charge in [-0.25, -0.2) is 0 Å². The SMILES string of the molecule is CC(C)(C)c1ccc(-c2nnc(-c3ccc(-c4ccccc4)cc3)n2-c2ccc(-c3ccccc3[N+](=O)[O-])c([N]=[Os])c2)cc1. The Morgan fingerprint density at radius 1 is 0.682 bits per heavy atom. The third kappa shape index (κ3) is 5.69. The van der Waals surface area contributed by atoms with Gasteiger partial charge in [0.05, 0.1) is 0 Å². The molecule has 0 unspecified atom stereocenters. The van der Waals surface area contributed by atoms with Gasteiger partial charge in [0.15, 0.2) is 0 Å². The molecule has 0 saturated carbocycles. The average Bonchev–Trinajstić information content (AvgIpc) is 3.50. The number of hydrogen-bond donors (Lipinski definition) is 0. The number of hydrogen-bond acceptors (Lipinski definition) is 5. The van der Waals surface area contributed by atoms with Gasteiger partial charge in [-0.15, -0.1) is 0 Å². The van der Waals surface area contributed by atoms with Gasteiger partial charge in [-0.1, -0.05) is 18.2 Å². The zero-order chi connectivity index (χ0) is 30.8. The van der Waals surface area contributed by atoms with Gasteiger partial charge in [-0.2, -0.15) is 0 Å². The number of rotatable bonds is 7. The zero-order valence-corrected chi connectivity index (χ0v) is 27.0. The van der Waals surface area contributed by atoms with Crippen molar-refractivity contribution in [2.75, 3.05) is 0 Å². The fourth-order valence-corrected chi connectivity index (χ4v) is 5.75. The first-order valence-electron chi connectivity index (χ1n) is 14.2. The number of aromatic nitrogens is 3. The van der Waals surface area contributed by atoms with E-state index in [0.29, 0.717) is 28.5 Å². The fourth-order valence-electron chi connectivity index (χ4n) is 5.28. The summed E-state index contributed by atoms with van der Waals surface area (Å²) in [5, 5.41) is 21.2. The van der Waals surface area contributed by atoms with E-state index in [-0.39, 0.29) is 16.0 Å². The first-order valence-corrected chi connectivity index (χ1v) is 15.3. The van der Waals surface area contributed by atoms with E-state index in [1.165, 1.54) is 30.0 Å². The van der Waals surface area contributed by atoms with Crippen LogP contribution in [-0.2, 0) is 23.8 Å². The molecule has 44 heavy (non-hydrogen) atoms. The Kier molecular flexibility index (Phi) is 7.95. The Hall–Kier alpha value is -4.92. The molecule has 0 spiro atoms. The number of nitro benzene ring substituents is 1. The van der Waals surface area contributed by atoms with Gasteiger partial charge in [0.25, 0.3) is 0 Å². The molecule has 6 aromatic rings. The van der Waals surface area contributed by atoms with E-state index in [9.17, 15) is 10.1 Å². The maximum absolute atomic E-state index is 11.8. The van der Waals surface area contributed by atoms with Gasteiger partial charge in [-0.05, 0) is 0 Å². The molecule has 6 rings (SSSR count). The van der Waals surface area contributed by atoms with Crippen LogP contribution in [0.15, 0.2) is 125 Å². The van der Waals surface area contributed by atoms with Crippen molar-refractivity contribution >= 4 is 11.4 Å². The molecule has 0 atom stereocenters. The van der Waals surface area contributed by atoms with Crippen molar-refractivity contribution < 1.29 is 23.3 Å². The van der Waals surface area contributed by atoms with E-state index in [4.69, 9.17) is 0 Å². The van der Waals surface area contributed by atoms with Crippen molar-refractivity contribution in [2.45, 2.75) is 26.2 Å². The topological polar surface area (TPSA) is 86.2 Å². The van der Waals surface area contributed by atoms with Crippen LogP contribution in [0.1, 0.15) is 26.3 Å². The summed E-state index contributed by atoms with van der Waals surface area (Å²) in [4.78, 5) is 11.4. The van der Waals surface area contributed by atoms with E-state index in [0.717, 1.165) is 27.9 Å². The first kappa shape index (κ1) is 29.2. The van der Waals surface area contributed by atoms with E-state index in [1.807, 2.05) is 41.0 Å². The van der Waals surface area contributed by atoms with Crippen molar-refractivity contribution in [3.05, 3.63) is 137 Å². The molecule has 7 nitrogen and oxygen atoms in total. The van der Waals surface area contributed by atoms with Crippen molar-refractivity contribution in [3.8, 4) is 50.7 Å². The van der Waals surface area contributed by atoms with Gasteiger partial charge < -0.3 is 0 Å². The van der Waals surface area contributed by atoms with Crippen LogP contribution in [0, 0.1) is 10.1 Å². The van der Waals surface area contributed by atoms with Crippen LogP contribution in [0.5, 0.6) is 0 Å². The molecule has 1 aromatic heterocycles. The summed E-state index contributed by atoms with van der Waals surface area (Å²) in [6, 6.07) is 39.5. The number of nitrogens with zero attached hydrogens (tertiary/aromatic N) is 5. The Bertz CT molecular complexity index is 1980. The molecule has 218 valence electrons. The number of para-hydroxylation sites is 1. The molecule has 5 aromatic carbocycles. The summed E-state index contributed by atoms with van der Waals surface area (Å²) in [7, 11) is 0. The minimum absolute atomic E-state index is 0.0199. The standard InChI is InChI=1S/C36H29N5O2.Os/c1-36(2,3)28-19-17-27(18-20-28)35-39-38-34(26-15-13-25(14-16-26)24-9-5-4-6-10-24)40(35)29-21-22-30(32(37)23-29)31-11-7-8-12-33(31)41(42)43;/h4-23H,1-3H3;. The quantitative estimate of drug-likeness (QED) is 0.120. The van der Waals surface area contributed by atoms with Gasteiger partial charge in [0.2, 0.25) is 0 Å². The Morgan fingerprint density at radius 3 is 1.82 bits per heavy atom. The summed E-state index contributed by atoms with van der Waals surface area (Å²) >= 11 is 1.46. The molecule has 0 radical (unpaired) electrons. The molecular formula is C36H29N5O2Os. The summed E-state index contributed by atoms with van der Waals surface area (Å²) in [5.41, 5.74) is 8.03. The van der Waals surface area contributed by atoms with Crippen LogP contribution in [0.2, 0.25) is 0 Å². The monoisotopic (exact) mass is 755 g/mol. The minimum atomic E-state index is -0.360. The van der Waals surface area contributed by atoms with E-state index >= 15 is 0 Å². The van der Waals surface area contributed by atoms with Crippen molar-refractivity contribution in [2.24, 2.45) is 3.65 Å². The Morgan fingerprint density at radius 2 is 1.23 bits per heavy atom. The van der Waals surface area contributed by atoms with Crippen LogP contribution in [-0.4, -0.2) is 19.7 Å². The van der Waals surface area contributed by atoms with E-state index in [1.54, 1.807) is 18.2 Å². The molecule has 0 N–H and O–H groups in total. The molecule has 8 heteroatoms. The molecule has 0 bridgehead atoms. The Labute approximate surface area is 266 Å². The predicted molar refractivity (Wildman–Crippen MR) is 171 cm³/mol. The van der Waals surface area contributed by atoms with Crippen molar-refractivity contribution in [1.29, 1.82) is 0 Å². The van der Waals surface area contributed by atoms with Crippen molar-refractivity contribution in [1.82, 2.24) is 14.8 Å². The fraction of sp³-hybridized carbons (Fsp3) is 0.111. The molecule has 0 aliphatic carbocycles. The van der Waals surface area contributed by atoms with Crippen LogP contribution < -0.4 is 0 Å². The third-order valence-electron chi connectivity index (χ3n) is 7.64. The maximum atomic E-state index is 11.8. The second kappa shape index (κ2) is 12.0. The van der Waals surface area contributed by atoms with Crippen molar-refractivity contribution in [3.63, 3.8) is 0 Å². The Balaban J connectivity index is 1.51. The number of benzene rings is 5. The van der Waals surface area contributed by atoms with Crippen LogP contribution >= 0.6 is 0 Å². The molecule has 0 amide bonds. The molecular weight excluding hydrogens is 725 g/mol. The van der Waals surface area contributed by atoms with Gasteiger partial charge >= 0.3 is 249 Å². The predicted octanol–water partition coefficient (Wildman–Crippen LogP) is 9.50. The third-order valence-corrected chi connectivity index (χ3v) is 8.25. The van der Waals surface area contributed by atoms with Gasteiger partial charge in [0.1, 0.15) is 0 Å². The summed E-state index contributed by atoms with van der Waals surface area (Å²) < 4.78 is 6.59. The van der Waals surface area contributed by atoms with Crippen LogP contribution in [0.25, 0.3) is 50.7 Å². The second-order valence-electron chi connectivity index (χ2n) is 11.5.